The van der Waals surface area contributed by atoms with Gasteiger partial charge in [-0.3, -0.25) is 0 Å². The van der Waals surface area contributed by atoms with Crippen molar-refractivity contribution < 1.29 is 4.42 Å². The molecule has 2 nitrogen and oxygen atoms in total. The summed E-state index contributed by atoms with van der Waals surface area (Å²) in [6.07, 6.45) is 7.29. The molecule has 78 valence electrons. The maximum atomic E-state index is 5.37. The van der Waals surface area contributed by atoms with Crippen LogP contribution in [-0.2, 0) is 0 Å². The summed E-state index contributed by atoms with van der Waals surface area (Å²) in [5, 5.41) is 3.43. The lowest BCUT2D eigenvalue weighted by Gasteiger charge is -2.22. The number of rotatable bonds is 3. The molecule has 0 aliphatic heterocycles. The minimum Gasteiger partial charge on any atom is -0.469 e. The number of aryl methyl sites for hydroxylation is 1. The minimum atomic E-state index is 0.497. The van der Waals surface area contributed by atoms with Crippen molar-refractivity contribution in [2.75, 3.05) is 7.05 Å². The summed E-state index contributed by atoms with van der Waals surface area (Å²) in [7, 11) is 2.05. The van der Waals surface area contributed by atoms with Crippen LogP contribution < -0.4 is 5.32 Å². The van der Waals surface area contributed by atoms with E-state index in [0.29, 0.717) is 6.04 Å². The molecule has 1 saturated carbocycles. The second-order valence-electron chi connectivity index (χ2n) is 4.24. The van der Waals surface area contributed by atoms with Gasteiger partial charge in [0.1, 0.15) is 5.76 Å². The summed E-state index contributed by atoms with van der Waals surface area (Å²) in [6, 6.07) is 2.60. The lowest BCUT2D eigenvalue weighted by Crippen LogP contribution is -2.23. The zero-order valence-corrected chi connectivity index (χ0v) is 9.05. The van der Waals surface area contributed by atoms with Crippen LogP contribution in [0.5, 0.6) is 0 Å². The van der Waals surface area contributed by atoms with Crippen LogP contribution in [-0.4, -0.2) is 7.05 Å². The molecule has 1 heterocycles. The van der Waals surface area contributed by atoms with Crippen molar-refractivity contribution in [3.63, 3.8) is 0 Å². The highest BCUT2D eigenvalue weighted by molar-refractivity contribution is 5.21. The minimum absolute atomic E-state index is 0.497. The van der Waals surface area contributed by atoms with E-state index in [1.165, 1.54) is 31.2 Å². The Balaban J connectivity index is 2.16. The first-order valence-electron chi connectivity index (χ1n) is 5.54. The Labute approximate surface area is 85.7 Å². The summed E-state index contributed by atoms with van der Waals surface area (Å²) < 4.78 is 5.37. The van der Waals surface area contributed by atoms with Gasteiger partial charge < -0.3 is 9.73 Å². The Kier molecular flexibility index (Phi) is 2.92. The molecule has 1 aliphatic carbocycles. The van der Waals surface area contributed by atoms with E-state index in [2.05, 4.69) is 25.4 Å². The second kappa shape index (κ2) is 4.18. The third-order valence-corrected chi connectivity index (χ3v) is 3.42. The molecule has 2 heteroatoms. The van der Waals surface area contributed by atoms with Crippen LogP contribution in [0.15, 0.2) is 16.7 Å². The Morgan fingerprint density at radius 1 is 1.43 bits per heavy atom. The average Bonchev–Trinajstić information content (AvgIpc) is 2.80. The van der Waals surface area contributed by atoms with Crippen molar-refractivity contribution in [1.29, 1.82) is 0 Å². The smallest absolute Gasteiger partial charge is 0.105 e. The van der Waals surface area contributed by atoms with Crippen LogP contribution in [0.1, 0.15) is 43.0 Å². The van der Waals surface area contributed by atoms with Crippen LogP contribution in [0.3, 0.4) is 0 Å². The molecule has 1 aromatic heterocycles. The van der Waals surface area contributed by atoms with E-state index in [-0.39, 0.29) is 0 Å². The van der Waals surface area contributed by atoms with Crippen LogP contribution in [0.4, 0.5) is 0 Å². The van der Waals surface area contributed by atoms with Crippen LogP contribution in [0, 0.1) is 12.8 Å². The molecule has 14 heavy (non-hydrogen) atoms. The molecule has 0 aromatic carbocycles. The van der Waals surface area contributed by atoms with Crippen molar-refractivity contribution in [3.05, 3.63) is 23.7 Å². The second-order valence-corrected chi connectivity index (χ2v) is 4.24. The normalized spacial score (nSPS) is 20.1. The van der Waals surface area contributed by atoms with Gasteiger partial charge in [0.05, 0.1) is 6.26 Å². The molecule has 0 radical (unpaired) electrons. The third kappa shape index (κ3) is 1.71. The van der Waals surface area contributed by atoms with Gasteiger partial charge in [0.15, 0.2) is 0 Å². The molecule has 1 aliphatic rings. The summed E-state index contributed by atoms with van der Waals surface area (Å²) in [4.78, 5) is 0. The zero-order chi connectivity index (χ0) is 9.97. The lowest BCUT2D eigenvalue weighted by atomic mass is 9.92. The quantitative estimate of drug-likeness (QED) is 0.798. The van der Waals surface area contributed by atoms with E-state index in [0.717, 1.165) is 11.7 Å². The van der Waals surface area contributed by atoms with Gasteiger partial charge in [0.25, 0.3) is 0 Å². The molecule has 2 rings (SSSR count). The van der Waals surface area contributed by atoms with Crippen molar-refractivity contribution in [2.24, 2.45) is 5.92 Å². The fourth-order valence-electron chi connectivity index (χ4n) is 2.65. The number of nitrogens with one attached hydrogen (secondary N) is 1. The maximum absolute atomic E-state index is 5.37. The van der Waals surface area contributed by atoms with Gasteiger partial charge in [-0.15, -0.1) is 0 Å². The molecule has 0 amide bonds. The molecule has 1 atom stereocenters. The lowest BCUT2D eigenvalue weighted by molar-refractivity contribution is 0.383. The first-order chi connectivity index (χ1) is 6.83. The predicted octanol–water partition coefficient (Wildman–Crippen LogP) is 3.04. The molecule has 1 unspecified atom stereocenters. The molecule has 1 N–H and O–H groups in total. The number of hydrogen-bond donors (Lipinski definition) is 1. The number of furan rings is 1. The van der Waals surface area contributed by atoms with Gasteiger partial charge >= 0.3 is 0 Å². The van der Waals surface area contributed by atoms with Gasteiger partial charge in [-0.1, -0.05) is 12.8 Å². The van der Waals surface area contributed by atoms with Gasteiger partial charge in [-0.25, -0.2) is 0 Å². The topological polar surface area (TPSA) is 25.2 Å². The fourth-order valence-corrected chi connectivity index (χ4v) is 2.65. The van der Waals surface area contributed by atoms with Crippen LogP contribution >= 0.6 is 0 Å². The SMILES string of the molecule is CNC(c1ccoc1C)C1CCCC1. The predicted molar refractivity (Wildman–Crippen MR) is 57.2 cm³/mol. The Morgan fingerprint density at radius 3 is 2.64 bits per heavy atom. The van der Waals surface area contributed by atoms with Crippen molar-refractivity contribution in [2.45, 2.75) is 38.6 Å². The van der Waals surface area contributed by atoms with Gasteiger partial charge in [-0.05, 0) is 38.8 Å². The Bertz CT molecular complexity index is 286. The highest BCUT2D eigenvalue weighted by Gasteiger charge is 2.26. The molecule has 1 fully saturated rings. The first kappa shape index (κ1) is 9.78. The third-order valence-electron chi connectivity index (χ3n) is 3.42. The molecular formula is C12H19NO. The molecule has 0 spiro atoms. The van der Waals surface area contributed by atoms with Crippen molar-refractivity contribution >= 4 is 0 Å². The van der Waals surface area contributed by atoms with E-state index < -0.39 is 0 Å². The summed E-state index contributed by atoms with van der Waals surface area (Å²) in [5.74, 6) is 1.87. The number of hydrogen-bond acceptors (Lipinski definition) is 2. The highest BCUT2D eigenvalue weighted by Crippen LogP contribution is 2.36. The van der Waals surface area contributed by atoms with Crippen molar-refractivity contribution in [1.82, 2.24) is 5.32 Å². The van der Waals surface area contributed by atoms with Crippen molar-refractivity contribution in [3.8, 4) is 0 Å². The van der Waals surface area contributed by atoms with E-state index in [9.17, 15) is 0 Å². The molecule has 1 aromatic rings. The van der Waals surface area contributed by atoms with Gasteiger partial charge in [0.2, 0.25) is 0 Å². The first-order valence-corrected chi connectivity index (χ1v) is 5.54. The van der Waals surface area contributed by atoms with Gasteiger partial charge in [-0.2, -0.15) is 0 Å². The van der Waals surface area contributed by atoms with E-state index >= 15 is 0 Å². The summed E-state index contributed by atoms with van der Waals surface area (Å²) >= 11 is 0. The Hall–Kier alpha value is -0.760. The largest absolute Gasteiger partial charge is 0.469 e. The monoisotopic (exact) mass is 193 g/mol. The fraction of sp³-hybridized carbons (Fsp3) is 0.667. The average molecular weight is 193 g/mol. The van der Waals surface area contributed by atoms with Crippen LogP contribution in [0.2, 0.25) is 0 Å². The summed E-state index contributed by atoms with van der Waals surface area (Å²) in [5.41, 5.74) is 1.35. The van der Waals surface area contributed by atoms with Crippen LogP contribution in [0.25, 0.3) is 0 Å². The van der Waals surface area contributed by atoms with E-state index in [1.54, 1.807) is 6.26 Å². The Morgan fingerprint density at radius 2 is 2.14 bits per heavy atom. The highest BCUT2D eigenvalue weighted by atomic mass is 16.3. The van der Waals surface area contributed by atoms with E-state index in [1.807, 2.05) is 0 Å². The summed E-state index contributed by atoms with van der Waals surface area (Å²) in [6.45, 7) is 2.05. The molecular weight excluding hydrogens is 174 g/mol. The molecule has 0 bridgehead atoms. The molecule has 0 saturated heterocycles. The van der Waals surface area contributed by atoms with Gasteiger partial charge in [0, 0.05) is 11.6 Å². The maximum Gasteiger partial charge on any atom is 0.105 e. The van der Waals surface area contributed by atoms with E-state index in [4.69, 9.17) is 4.42 Å². The standard InChI is InChI=1S/C12H19NO/c1-9-11(7-8-14-9)12(13-2)10-5-3-4-6-10/h7-8,10,12-13H,3-6H2,1-2H3. The zero-order valence-electron chi connectivity index (χ0n) is 9.05.